The van der Waals surface area contributed by atoms with Gasteiger partial charge in [-0.05, 0) is 49.8 Å². The molecule has 10 heteroatoms. The van der Waals surface area contributed by atoms with Crippen LogP contribution in [0.5, 0.6) is 0 Å². The van der Waals surface area contributed by atoms with E-state index in [4.69, 9.17) is 19.9 Å². The van der Waals surface area contributed by atoms with E-state index in [2.05, 4.69) is 10.6 Å². The van der Waals surface area contributed by atoms with E-state index in [0.29, 0.717) is 32.4 Å². The van der Waals surface area contributed by atoms with Gasteiger partial charge in [0.2, 0.25) is 11.8 Å². The molecule has 0 aliphatic rings. The normalized spacial score (nSPS) is 12.1. The highest BCUT2D eigenvalue weighted by atomic mass is 16.5. The Morgan fingerprint density at radius 3 is 1.71 bits per heavy atom. The molecule has 0 aliphatic heterocycles. The molecule has 0 heterocycles. The van der Waals surface area contributed by atoms with Gasteiger partial charge in [0.25, 0.3) is 0 Å². The van der Waals surface area contributed by atoms with E-state index < -0.39 is 29.9 Å². The molecule has 224 valence electrons. The predicted molar refractivity (Wildman–Crippen MR) is 154 cm³/mol. The van der Waals surface area contributed by atoms with Crippen molar-refractivity contribution in [2.75, 3.05) is 20.3 Å². The minimum Gasteiger partial charge on any atom is -0.459 e. The summed E-state index contributed by atoms with van der Waals surface area (Å²) in [6.07, 6.45) is 3.28. The predicted octanol–water partition coefficient (Wildman–Crippen LogP) is 3.17. The highest BCUT2D eigenvalue weighted by Gasteiger charge is 2.26. The van der Waals surface area contributed by atoms with Crippen LogP contribution in [0.15, 0.2) is 60.7 Å². The number of carbonyl (C=O) groups is 4. The number of carbonyl (C=O) groups excluding carboxylic acids is 4. The molecule has 2 rings (SSSR count). The Hall–Kier alpha value is -3.76. The van der Waals surface area contributed by atoms with Crippen LogP contribution >= 0.6 is 0 Å². The van der Waals surface area contributed by atoms with Gasteiger partial charge in [-0.2, -0.15) is 0 Å². The molecule has 0 radical (unpaired) electrons. The molecule has 0 bridgehead atoms. The maximum Gasteiger partial charge on any atom is 0.328 e. The summed E-state index contributed by atoms with van der Waals surface area (Å²) in [5.74, 6) is -1.92. The van der Waals surface area contributed by atoms with Gasteiger partial charge in [0, 0.05) is 26.6 Å². The number of benzene rings is 2. The van der Waals surface area contributed by atoms with E-state index in [-0.39, 0.29) is 38.4 Å². The number of amides is 2. The standard InChI is InChI=1S/C31H43N3O7/c1-39-21-11-16-26(30(37)40-22-24-12-5-2-6-13-24)33-29(36)19-18-27(34-28(35)17-9-4-10-20-32)31(38)41-23-25-14-7-3-8-15-25/h2-3,5-8,12-15,26-27H,4,9-11,16-23,32H2,1H3,(H,33,36)(H,34,35). The quantitative estimate of drug-likeness (QED) is 0.163. The SMILES string of the molecule is COCCCC(NC(=O)CCC(NC(=O)CCCCCN)C(=O)OCc1ccccc1)C(=O)OCc1ccccc1. The van der Waals surface area contributed by atoms with E-state index >= 15 is 0 Å². The van der Waals surface area contributed by atoms with Crippen molar-refractivity contribution >= 4 is 23.8 Å². The molecule has 2 aromatic rings. The maximum atomic E-state index is 12.9. The summed E-state index contributed by atoms with van der Waals surface area (Å²) >= 11 is 0. The van der Waals surface area contributed by atoms with Gasteiger partial charge in [0.05, 0.1) is 0 Å². The lowest BCUT2D eigenvalue weighted by Crippen LogP contribution is -2.45. The van der Waals surface area contributed by atoms with Crippen LogP contribution in [0.1, 0.15) is 62.5 Å². The van der Waals surface area contributed by atoms with Crippen molar-refractivity contribution in [2.45, 2.75) is 76.7 Å². The summed E-state index contributed by atoms with van der Waals surface area (Å²) in [7, 11) is 1.56. The number of nitrogens with one attached hydrogen (secondary N) is 2. The summed E-state index contributed by atoms with van der Waals surface area (Å²) in [6.45, 7) is 1.11. The highest BCUT2D eigenvalue weighted by molar-refractivity contribution is 5.87. The molecular formula is C31H43N3O7. The lowest BCUT2D eigenvalue weighted by Gasteiger charge is -2.20. The zero-order chi connectivity index (χ0) is 29.7. The molecule has 2 unspecified atom stereocenters. The van der Waals surface area contributed by atoms with Crippen LogP contribution in [0.4, 0.5) is 0 Å². The number of hydrogen-bond donors (Lipinski definition) is 3. The Balaban J connectivity index is 1.96. The van der Waals surface area contributed by atoms with Crippen LogP contribution in [-0.2, 0) is 46.6 Å². The molecule has 0 saturated heterocycles. The van der Waals surface area contributed by atoms with Crippen molar-refractivity contribution in [3.63, 3.8) is 0 Å². The first-order chi connectivity index (χ1) is 19.9. The molecule has 41 heavy (non-hydrogen) atoms. The van der Waals surface area contributed by atoms with Crippen LogP contribution < -0.4 is 16.4 Å². The van der Waals surface area contributed by atoms with Gasteiger partial charge in [0.1, 0.15) is 25.3 Å². The van der Waals surface area contributed by atoms with Crippen molar-refractivity contribution < 1.29 is 33.4 Å². The van der Waals surface area contributed by atoms with Crippen molar-refractivity contribution in [1.29, 1.82) is 0 Å². The van der Waals surface area contributed by atoms with Crippen molar-refractivity contribution in [3.8, 4) is 0 Å². The number of hydrogen-bond acceptors (Lipinski definition) is 8. The lowest BCUT2D eigenvalue weighted by atomic mass is 10.1. The Morgan fingerprint density at radius 2 is 1.20 bits per heavy atom. The number of esters is 2. The van der Waals surface area contributed by atoms with Crippen molar-refractivity contribution in [2.24, 2.45) is 5.73 Å². The first-order valence-corrected chi connectivity index (χ1v) is 14.1. The third kappa shape index (κ3) is 14.4. The fourth-order valence-electron chi connectivity index (χ4n) is 4.00. The van der Waals surface area contributed by atoms with Crippen LogP contribution in [-0.4, -0.2) is 56.1 Å². The highest BCUT2D eigenvalue weighted by Crippen LogP contribution is 2.09. The Labute approximate surface area is 242 Å². The zero-order valence-electron chi connectivity index (χ0n) is 23.8. The van der Waals surface area contributed by atoms with E-state index in [1.807, 2.05) is 60.7 Å². The average Bonchev–Trinajstić information content (AvgIpc) is 2.99. The molecule has 4 N–H and O–H groups in total. The first-order valence-electron chi connectivity index (χ1n) is 14.1. The van der Waals surface area contributed by atoms with E-state index in [9.17, 15) is 19.2 Å². The van der Waals surface area contributed by atoms with Crippen LogP contribution in [0, 0.1) is 0 Å². The van der Waals surface area contributed by atoms with E-state index in [1.54, 1.807) is 7.11 Å². The Bertz CT molecular complexity index is 1050. The van der Waals surface area contributed by atoms with E-state index in [1.165, 1.54) is 0 Å². The molecule has 2 amide bonds. The molecule has 0 spiro atoms. The minimum absolute atomic E-state index is 0.0118. The molecule has 2 atom stereocenters. The second-order valence-electron chi connectivity index (χ2n) is 9.70. The van der Waals surface area contributed by atoms with Gasteiger partial charge >= 0.3 is 11.9 Å². The topological polar surface area (TPSA) is 146 Å². The van der Waals surface area contributed by atoms with Crippen LogP contribution in [0.25, 0.3) is 0 Å². The second kappa shape index (κ2) is 20.2. The molecule has 0 saturated carbocycles. The first kappa shape index (κ1) is 33.4. The molecular weight excluding hydrogens is 526 g/mol. The molecule has 0 aliphatic carbocycles. The monoisotopic (exact) mass is 569 g/mol. The van der Waals surface area contributed by atoms with E-state index in [0.717, 1.165) is 24.0 Å². The molecule has 2 aromatic carbocycles. The number of rotatable bonds is 20. The molecule has 0 fully saturated rings. The van der Waals surface area contributed by atoms with Gasteiger partial charge < -0.3 is 30.6 Å². The minimum atomic E-state index is -1.01. The van der Waals surface area contributed by atoms with Gasteiger partial charge in [-0.1, -0.05) is 67.1 Å². The number of methoxy groups -OCH3 is 1. The fraction of sp³-hybridized carbons (Fsp3) is 0.484. The third-order valence-electron chi connectivity index (χ3n) is 6.30. The zero-order valence-corrected chi connectivity index (χ0v) is 23.8. The Kier molecular flexibility index (Phi) is 16.5. The van der Waals surface area contributed by atoms with Crippen LogP contribution in [0.2, 0.25) is 0 Å². The van der Waals surface area contributed by atoms with Crippen molar-refractivity contribution in [3.05, 3.63) is 71.8 Å². The summed E-state index contributed by atoms with van der Waals surface area (Å²) in [5.41, 5.74) is 7.15. The Morgan fingerprint density at radius 1 is 0.683 bits per heavy atom. The molecule has 0 aromatic heterocycles. The van der Waals surface area contributed by atoms with Gasteiger partial charge in [-0.15, -0.1) is 0 Å². The summed E-state index contributed by atoms with van der Waals surface area (Å²) in [5, 5.41) is 5.43. The lowest BCUT2D eigenvalue weighted by molar-refractivity contribution is -0.150. The van der Waals surface area contributed by atoms with Crippen molar-refractivity contribution in [1.82, 2.24) is 10.6 Å². The maximum absolute atomic E-state index is 12.9. The van der Waals surface area contributed by atoms with Crippen LogP contribution in [0.3, 0.4) is 0 Å². The smallest absolute Gasteiger partial charge is 0.328 e. The summed E-state index contributed by atoms with van der Waals surface area (Å²) in [6, 6.07) is 16.5. The third-order valence-corrected chi connectivity index (χ3v) is 6.30. The number of nitrogens with two attached hydrogens (primary N) is 1. The molecule has 10 nitrogen and oxygen atoms in total. The number of unbranched alkanes of at least 4 members (excludes halogenated alkanes) is 2. The van der Waals surface area contributed by atoms with Gasteiger partial charge in [-0.3, -0.25) is 9.59 Å². The average molecular weight is 570 g/mol. The summed E-state index contributed by atoms with van der Waals surface area (Å²) in [4.78, 5) is 51.1. The van der Waals surface area contributed by atoms with Gasteiger partial charge in [0.15, 0.2) is 0 Å². The number of ether oxygens (including phenoxy) is 3. The fourth-order valence-corrected chi connectivity index (χ4v) is 4.00. The largest absolute Gasteiger partial charge is 0.459 e. The summed E-state index contributed by atoms with van der Waals surface area (Å²) < 4.78 is 16.0. The van der Waals surface area contributed by atoms with Gasteiger partial charge in [-0.25, -0.2) is 9.59 Å². The second-order valence-corrected chi connectivity index (χ2v) is 9.70.